The smallest absolute Gasteiger partial charge is 0.347 e. The summed E-state index contributed by atoms with van der Waals surface area (Å²) >= 11 is 1.19. The first-order valence-electron chi connectivity index (χ1n) is 4.97. The first-order valence-corrected chi connectivity index (χ1v) is 5.78. The van der Waals surface area contributed by atoms with Crippen LogP contribution in [0.3, 0.4) is 0 Å². The Morgan fingerprint density at radius 1 is 1.50 bits per heavy atom. The number of carboxylic acid groups (broad SMARTS) is 1. The molecule has 1 fully saturated rings. The van der Waals surface area contributed by atoms with Gasteiger partial charge in [-0.15, -0.1) is 11.3 Å². The molecule has 2 heterocycles. The molecular formula is C10H9N3O2S. The van der Waals surface area contributed by atoms with Crippen molar-refractivity contribution in [2.45, 2.75) is 18.9 Å². The average Bonchev–Trinajstić information content (AvgIpc) is 2.83. The highest BCUT2D eigenvalue weighted by Gasteiger charge is 2.26. The van der Waals surface area contributed by atoms with Crippen LogP contribution in [0, 0.1) is 0 Å². The van der Waals surface area contributed by atoms with Crippen molar-refractivity contribution in [1.82, 2.24) is 14.5 Å². The molecule has 2 aromatic rings. The van der Waals surface area contributed by atoms with Crippen molar-refractivity contribution >= 4 is 17.3 Å². The van der Waals surface area contributed by atoms with Crippen LogP contribution in [0.15, 0.2) is 18.7 Å². The number of thiazole rings is 1. The first-order chi connectivity index (χ1) is 7.75. The second-order valence-corrected chi connectivity index (χ2v) is 4.78. The monoisotopic (exact) mass is 235 g/mol. The second-order valence-electron chi connectivity index (χ2n) is 3.75. The van der Waals surface area contributed by atoms with E-state index in [1.165, 1.54) is 30.4 Å². The van der Waals surface area contributed by atoms with Crippen molar-refractivity contribution in [3.8, 4) is 10.7 Å². The van der Waals surface area contributed by atoms with Gasteiger partial charge in [0.1, 0.15) is 9.88 Å². The number of hydrogen-bond donors (Lipinski definition) is 1. The molecule has 0 saturated heterocycles. The quantitative estimate of drug-likeness (QED) is 0.883. The largest absolute Gasteiger partial charge is 0.477 e. The third-order valence-electron chi connectivity index (χ3n) is 2.54. The molecular weight excluding hydrogens is 226 g/mol. The predicted octanol–water partition coefficient (Wildman–Crippen LogP) is 2.04. The van der Waals surface area contributed by atoms with E-state index in [4.69, 9.17) is 5.11 Å². The van der Waals surface area contributed by atoms with Gasteiger partial charge < -0.3 is 9.67 Å². The molecule has 0 aromatic carbocycles. The van der Waals surface area contributed by atoms with Crippen LogP contribution in [-0.4, -0.2) is 25.6 Å². The highest BCUT2D eigenvalue weighted by atomic mass is 32.1. The van der Waals surface area contributed by atoms with Gasteiger partial charge in [0.15, 0.2) is 0 Å². The van der Waals surface area contributed by atoms with Gasteiger partial charge in [0.2, 0.25) is 0 Å². The Morgan fingerprint density at radius 3 is 2.94 bits per heavy atom. The number of aromatic nitrogens is 3. The number of rotatable bonds is 3. The number of aromatic carboxylic acids is 1. The van der Waals surface area contributed by atoms with Gasteiger partial charge in [-0.05, 0) is 12.8 Å². The summed E-state index contributed by atoms with van der Waals surface area (Å²) < 4.78 is 2.07. The van der Waals surface area contributed by atoms with E-state index in [0.29, 0.717) is 6.04 Å². The molecule has 5 nitrogen and oxygen atoms in total. The third kappa shape index (κ3) is 1.51. The van der Waals surface area contributed by atoms with Crippen LogP contribution in [0.5, 0.6) is 0 Å². The van der Waals surface area contributed by atoms with Crippen LogP contribution in [0.1, 0.15) is 28.6 Å². The lowest BCUT2D eigenvalue weighted by Gasteiger charge is -2.02. The zero-order valence-electron chi connectivity index (χ0n) is 8.33. The van der Waals surface area contributed by atoms with Crippen LogP contribution in [0.25, 0.3) is 10.7 Å². The molecule has 0 amide bonds. The molecule has 16 heavy (non-hydrogen) atoms. The van der Waals surface area contributed by atoms with Gasteiger partial charge in [0.25, 0.3) is 0 Å². The van der Waals surface area contributed by atoms with Gasteiger partial charge in [0.05, 0.1) is 24.4 Å². The van der Waals surface area contributed by atoms with Crippen molar-refractivity contribution in [3.63, 3.8) is 0 Å². The van der Waals surface area contributed by atoms with E-state index >= 15 is 0 Å². The topological polar surface area (TPSA) is 68.0 Å². The summed E-state index contributed by atoms with van der Waals surface area (Å²) in [6.07, 6.45) is 7.26. The summed E-state index contributed by atoms with van der Waals surface area (Å²) in [5.41, 5.74) is 0.917. The van der Waals surface area contributed by atoms with E-state index in [-0.39, 0.29) is 4.88 Å². The maximum atomic E-state index is 10.8. The fraction of sp³-hybridized carbons (Fsp3) is 0.300. The minimum absolute atomic E-state index is 0.263. The minimum atomic E-state index is -0.929. The summed E-state index contributed by atoms with van der Waals surface area (Å²) in [4.78, 5) is 19.2. The highest BCUT2D eigenvalue weighted by Crippen LogP contribution is 2.38. The molecule has 2 aromatic heterocycles. The Morgan fingerprint density at radius 2 is 2.31 bits per heavy atom. The fourth-order valence-corrected chi connectivity index (χ4v) is 2.37. The summed E-state index contributed by atoms with van der Waals surface area (Å²) in [7, 11) is 0. The van der Waals surface area contributed by atoms with Crippen molar-refractivity contribution in [2.75, 3.05) is 0 Å². The van der Waals surface area contributed by atoms with Crippen LogP contribution in [0.2, 0.25) is 0 Å². The number of carboxylic acids is 1. The zero-order chi connectivity index (χ0) is 11.1. The molecule has 1 aliphatic carbocycles. The minimum Gasteiger partial charge on any atom is -0.477 e. The van der Waals surface area contributed by atoms with Crippen molar-refractivity contribution < 1.29 is 9.90 Å². The predicted molar refractivity (Wildman–Crippen MR) is 58.6 cm³/mol. The van der Waals surface area contributed by atoms with E-state index in [0.717, 1.165) is 10.7 Å². The van der Waals surface area contributed by atoms with E-state index in [2.05, 4.69) is 14.5 Å². The Labute approximate surface area is 95.4 Å². The Balaban J connectivity index is 2.00. The standard InChI is InChI=1S/C10H9N3O2S/c14-10(15)8-4-12-9(16-8)7-3-11-5-13(7)6-1-2-6/h3-6H,1-2H2,(H,14,15). The first kappa shape index (κ1) is 9.53. The second kappa shape index (κ2) is 3.41. The van der Waals surface area contributed by atoms with Gasteiger partial charge in [-0.25, -0.2) is 14.8 Å². The van der Waals surface area contributed by atoms with E-state index < -0.39 is 5.97 Å². The van der Waals surface area contributed by atoms with Crippen LogP contribution < -0.4 is 0 Å². The molecule has 1 saturated carbocycles. The van der Waals surface area contributed by atoms with Crippen LogP contribution in [0.4, 0.5) is 0 Å². The van der Waals surface area contributed by atoms with Crippen molar-refractivity contribution in [2.24, 2.45) is 0 Å². The van der Waals surface area contributed by atoms with Gasteiger partial charge >= 0.3 is 5.97 Å². The molecule has 1 aliphatic rings. The van der Waals surface area contributed by atoms with Crippen LogP contribution in [-0.2, 0) is 0 Å². The molecule has 6 heteroatoms. The van der Waals surface area contributed by atoms with Gasteiger partial charge in [0, 0.05) is 6.04 Å². The van der Waals surface area contributed by atoms with Gasteiger partial charge in [-0.2, -0.15) is 0 Å². The van der Waals surface area contributed by atoms with Crippen molar-refractivity contribution in [1.29, 1.82) is 0 Å². The normalized spacial score (nSPS) is 15.2. The zero-order valence-corrected chi connectivity index (χ0v) is 9.15. The van der Waals surface area contributed by atoms with Gasteiger partial charge in [-0.1, -0.05) is 0 Å². The lowest BCUT2D eigenvalue weighted by atomic mass is 10.4. The number of nitrogens with zero attached hydrogens (tertiary/aromatic N) is 3. The summed E-state index contributed by atoms with van der Waals surface area (Å²) in [5.74, 6) is -0.929. The number of imidazole rings is 1. The molecule has 82 valence electrons. The molecule has 0 radical (unpaired) electrons. The molecule has 0 spiro atoms. The molecule has 0 atom stereocenters. The van der Waals surface area contributed by atoms with E-state index in [1.54, 1.807) is 12.5 Å². The molecule has 0 unspecified atom stereocenters. The van der Waals surface area contributed by atoms with Crippen molar-refractivity contribution in [3.05, 3.63) is 23.6 Å². The maximum Gasteiger partial charge on any atom is 0.347 e. The summed E-state index contributed by atoms with van der Waals surface area (Å²) in [5, 5.41) is 9.56. The third-order valence-corrected chi connectivity index (χ3v) is 3.55. The maximum absolute atomic E-state index is 10.8. The van der Waals surface area contributed by atoms with E-state index in [9.17, 15) is 4.79 Å². The van der Waals surface area contributed by atoms with Crippen LogP contribution >= 0.6 is 11.3 Å². The number of carbonyl (C=O) groups is 1. The fourth-order valence-electron chi connectivity index (χ4n) is 1.61. The molecule has 0 aliphatic heterocycles. The highest BCUT2D eigenvalue weighted by molar-refractivity contribution is 7.16. The Bertz CT molecular complexity index is 542. The number of hydrogen-bond acceptors (Lipinski definition) is 4. The summed E-state index contributed by atoms with van der Waals surface area (Å²) in [6, 6.07) is 0.523. The molecule has 3 rings (SSSR count). The lowest BCUT2D eigenvalue weighted by molar-refractivity contribution is 0.0702. The molecule has 0 bridgehead atoms. The summed E-state index contributed by atoms with van der Waals surface area (Å²) in [6.45, 7) is 0. The SMILES string of the molecule is O=C(O)c1cnc(-c2cncn2C2CC2)s1. The average molecular weight is 235 g/mol. The Hall–Kier alpha value is -1.69. The lowest BCUT2D eigenvalue weighted by Crippen LogP contribution is -1.93. The van der Waals surface area contributed by atoms with E-state index in [1.807, 2.05) is 0 Å². The molecule has 1 N–H and O–H groups in total. The van der Waals surface area contributed by atoms with Gasteiger partial charge in [-0.3, -0.25) is 0 Å². The Kier molecular flexibility index (Phi) is 2.03.